The normalized spacial score (nSPS) is 14.7. The van der Waals surface area contributed by atoms with E-state index in [9.17, 15) is 13.2 Å². The van der Waals surface area contributed by atoms with E-state index in [1.165, 1.54) is 24.6 Å². The third kappa shape index (κ3) is 5.29. The molecule has 0 aliphatic carbocycles. The van der Waals surface area contributed by atoms with E-state index in [4.69, 9.17) is 14.2 Å². The van der Waals surface area contributed by atoms with Crippen molar-refractivity contribution in [2.24, 2.45) is 0 Å². The number of ether oxygens (including phenoxy) is 3. The first-order valence-corrected chi connectivity index (χ1v) is 11.5. The van der Waals surface area contributed by atoms with Crippen LogP contribution < -0.4 is 19.5 Å². The van der Waals surface area contributed by atoms with Crippen LogP contribution in [0.5, 0.6) is 17.2 Å². The average molecular weight is 449 g/mol. The van der Waals surface area contributed by atoms with Gasteiger partial charge in [0.05, 0.1) is 27.8 Å². The van der Waals surface area contributed by atoms with Gasteiger partial charge in [-0.15, -0.1) is 0 Å². The molecule has 1 fully saturated rings. The zero-order valence-corrected chi connectivity index (χ0v) is 18.8. The van der Waals surface area contributed by atoms with Crippen LogP contribution in [0.4, 0.5) is 5.69 Å². The van der Waals surface area contributed by atoms with Crippen LogP contribution in [-0.2, 0) is 21.2 Å². The number of anilines is 1. The molecule has 2 aromatic rings. The van der Waals surface area contributed by atoms with Crippen molar-refractivity contribution in [1.29, 1.82) is 0 Å². The van der Waals surface area contributed by atoms with Crippen molar-refractivity contribution >= 4 is 21.6 Å². The topological polar surface area (TPSA) is 94.2 Å². The van der Waals surface area contributed by atoms with Crippen LogP contribution in [0, 0.1) is 0 Å². The average Bonchev–Trinajstić information content (AvgIpc) is 2.79. The van der Waals surface area contributed by atoms with Gasteiger partial charge in [-0.3, -0.25) is 4.79 Å². The first-order valence-electron chi connectivity index (χ1n) is 10.1. The lowest BCUT2D eigenvalue weighted by molar-refractivity contribution is -0.115. The first-order chi connectivity index (χ1) is 14.9. The highest BCUT2D eigenvalue weighted by molar-refractivity contribution is 7.89. The Labute approximate surface area is 183 Å². The molecule has 1 saturated heterocycles. The summed E-state index contributed by atoms with van der Waals surface area (Å²) in [5, 5.41) is 2.77. The summed E-state index contributed by atoms with van der Waals surface area (Å²) in [7, 11) is 0.795. The molecule has 1 N–H and O–H groups in total. The smallest absolute Gasteiger partial charge is 0.246 e. The number of methoxy groups -OCH3 is 3. The minimum absolute atomic E-state index is 0.0563. The van der Waals surface area contributed by atoms with Gasteiger partial charge in [-0.25, -0.2) is 8.42 Å². The van der Waals surface area contributed by atoms with Crippen molar-refractivity contribution in [3.05, 3.63) is 42.0 Å². The van der Waals surface area contributed by atoms with Crippen molar-refractivity contribution in [1.82, 2.24) is 4.31 Å². The van der Waals surface area contributed by atoms with Crippen LogP contribution in [0.15, 0.2) is 41.3 Å². The van der Waals surface area contributed by atoms with Crippen LogP contribution in [0.2, 0.25) is 0 Å². The summed E-state index contributed by atoms with van der Waals surface area (Å²) in [5.74, 6) is 1.09. The van der Waals surface area contributed by atoms with E-state index in [2.05, 4.69) is 5.32 Å². The number of piperidine rings is 1. The Bertz CT molecular complexity index is 1030. The highest BCUT2D eigenvalue weighted by atomic mass is 32.2. The summed E-state index contributed by atoms with van der Waals surface area (Å²) in [6, 6.07) is 9.89. The van der Waals surface area contributed by atoms with Gasteiger partial charge in [-0.2, -0.15) is 4.31 Å². The fraction of sp³-hybridized carbons (Fsp3) is 0.409. The second-order valence-electron chi connectivity index (χ2n) is 7.24. The third-order valence-corrected chi connectivity index (χ3v) is 7.11. The minimum atomic E-state index is -3.71. The van der Waals surface area contributed by atoms with Crippen molar-refractivity contribution in [2.75, 3.05) is 39.7 Å². The number of carbonyl (C=O) groups excluding carboxylic acids is 1. The summed E-state index contributed by atoms with van der Waals surface area (Å²) in [4.78, 5) is 12.6. The van der Waals surface area contributed by atoms with E-state index in [1.807, 2.05) is 0 Å². The molecule has 1 heterocycles. The summed E-state index contributed by atoms with van der Waals surface area (Å²) in [6.45, 7) is 0.975. The molecule has 168 valence electrons. The molecule has 2 aromatic carbocycles. The predicted molar refractivity (Wildman–Crippen MR) is 117 cm³/mol. The summed E-state index contributed by atoms with van der Waals surface area (Å²) in [5.41, 5.74) is 1.13. The van der Waals surface area contributed by atoms with E-state index < -0.39 is 10.0 Å². The minimum Gasteiger partial charge on any atom is -0.495 e. The number of hydrogen-bond acceptors (Lipinski definition) is 6. The molecule has 0 radical (unpaired) electrons. The van der Waals surface area contributed by atoms with E-state index >= 15 is 0 Å². The monoisotopic (exact) mass is 448 g/mol. The van der Waals surface area contributed by atoms with Gasteiger partial charge in [0.15, 0.2) is 11.5 Å². The summed E-state index contributed by atoms with van der Waals surface area (Å²) < 4.78 is 43.5. The largest absolute Gasteiger partial charge is 0.495 e. The van der Waals surface area contributed by atoms with Gasteiger partial charge in [0.1, 0.15) is 10.6 Å². The van der Waals surface area contributed by atoms with Gasteiger partial charge in [0.2, 0.25) is 15.9 Å². The number of carbonyl (C=O) groups is 1. The number of rotatable bonds is 8. The lowest BCUT2D eigenvalue weighted by Crippen LogP contribution is -2.35. The number of amides is 1. The van der Waals surface area contributed by atoms with Crippen molar-refractivity contribution in [2.45, 2.75) is 30.6 Å². The SMILES string of the molecule is COc1ccc(CC(=O)Nc2ccc(OC)c(S(=O)(=O)N3CCCCC3)c2)cc1OC. The number of nitrogens with zero attached hydrogens (tertiary/aromatic N) is 1. The molecule has 8 nitrogen and oxygen atoms in total. The molecule has 1 aliphatic heterocycles. The number of nitrogens with one attached hydrogen (secondary N) is 1. The van der Waals surface area contributed by atoms with E-state index in [0.29, 0.717) is 30.3 Å². The predicted octanol–water partition coefficient (Wildman–Crippen LogP) is 3.07. The van der Waals surface area contributed by atoms with Gasteiger partial charge in [-0.1, -0.05) is 12.5 Å². The molecule has 0 unspecified atom stereocenters. The fourth-order valence-electron chi connectivity index (χ4n) is 3.58. The lowest BCUT2D eigenvalue weighted by Gasteiger charge is -2.26. The summed E-state index contributed by atoms with van der Waals surface area (Å²) >= 11 is 0. The Hall–Kier alpha value is -2.78. The zero-order valence-electron chi connectivity index (χ0n) is 18.0. The summed E-state index contributed by atoms with van der Waals surface area (Å²) in [6.07, 6.45) is 2.79. The van der Waals surface area contributed by atoms with Crippen LogP contribution in [0.25, 0.3) is 0 Å². The molecule has 9 heteroatoms. The maximum atomic E-state index is 13.1. The van der Waals surface area contributed by atoms with Crippen molar-refractivity contribution in [3.8, 4) is 17.2 Å². The molecule has 0 saturated carbocycles. The fourth-order valence-corrected chi connectivity index (χ4v) is 5.28. The van der Waals surface area contributed by atoms with E-state index in [-0.39, 0.29) is 23.0 Å². The number of sulfonamides is 1. The third-order valence-electron chi connectivity index (χ3n) is 5.19. The van der Waals surface area contributed by atoms with Gasteiger partial charge in [-0.05, 0) is 48.7 Å². The van der Waals surface area contributed by atoms with Gasteiger partial charge in [0.25, 0.3) is 0 Å². The van der Waals surface area contributed by atoms with E-state index in [1.54, 1.807) is 37.4 Å². The molecular formula is C22H28N2O6S. The highest BCUT2D eigenvalue weighted by Crippen LogP contribution is 2.31. The maximum absolute atomic E-state index is 13.1. The van der Waals surface area contributed by atoms with Gasteiger partial charge < -0.3 is 19.5 Å². The maximum Gasteiger partial charge on any atom is 0.246 e. The Balaban J connectivity index is 1.79. The molecule has 0 bridgehead atoms. The zero-order chi connectivity index (χ0) is 22.4. The highest BCUT2D eigenvalue weighted by Gasteiger charge is 2.29. The quantitative estimate of drug-likeness (QED) is 0.667. The molecular weight excluding hydrogens is 420 g/mol. The van der Waals surface area contributed by atoms with E-state index in [0.717, 1.165) is 24.8 Å². The van der Waals surface area contributed by atoms with Crippen LogP contribution in [0.1, 0.15) is 24.8 Å². The van der Waals surface area contributed by atoms with Crippen LogP contribution in [0.3, 0.4) is 0 Å². The first kappa shape index (κ1) is 22.9. The molecule has 1 amide bonds. The number of benzene rings is 2. The molecule has 0 atom stereocenters. The standard InChI is InChI=1S/C22H28N2O6S/c1-28-18-9-7-16(13-20(18)30-3)14-22(25)23-17-8-10-19(29-2)21(15-17)31(26,27)24-11-5-4-6-12-24/h7-10,13,15H,4-6,11-12,14H2,1-3H3,(H,23,25). The Morgan fingerprint density at radius 3 is 2.19 bits per heavy atom. The molecule has 3 rings (SSSR count). The second kappa shape index (κ2) is 10.0. The van der Waals surface area contributed by atoms with Crippen LogP contribution >= 0.6 is 0 Å². The van der Waals surface area contributed by atoms with Crippen molar-refractivity contribution < 1.29 is 27.4 Å². The molecule has 0 spiro atoms. The second-order valence-corrected chi connectivity index (χ2v) is 9.15. The Morgan fingerprint density at radius 2 is 1.55 bits per heavy atom. The van der Waals surface area contributed by atoms with Gasteiger partial charge in [0, 0.05) is 18.8 Å². The molecule has 31 heavy (non-hydrogen) atoms. The Kier molecular flexibility index (Phi) is 7.40. The lowest BCUT2D eigenvalue weighted by atomic mass is 10.1. The number of hydrogen-bond donors (Lipinski definition) is 1. The Morgan fingerprint density at radius 1 is 0.903 bits per heavy atom. The molecule has 1 aliphatic rings. The van der Waals surface area contributed by atoms with Crippen molar-refractivity contribution in [3.63, 3.8) is 0 Å². The van der Waals surface area contributed by atoms with Gasteiger partial charge >= 0.3 is 0 Å². The van der Waals surface area contributed by atoms with Crippen LogP contribution in [-0.4, -0.2) is 53.0 Å². The molecule has 0 aromatic heterocycles.